The maximum absolute atomic E-state index is 10.5. The van der Waals surface area contributed by atoms with E-state index < -0.39 is 0 Å². The summed E-state index contributed by atoms with van der Waals surface area (Å²) in [6.45, 7) is 4.93. The number of hydrogen-bond acceptors (Lipinski definition) is 2. The molecule has 0 atom stereocenters. The van der Waals surface area contributed by atoms with Crippen molar-refractivity contribution in [3.63, 3.8) is 0 Å². The molecule has 13 heavy (non-hydrogen) atoms. The second-order valence-corrected chi connectivity index (χ2v) is 4.79. The summed E-state index contributed by atoms with van der Waals surface area (Å²) in [6.07, 6.45) is 4.81. The van der Waals surface area contributed by atoms with Crippen molar-refractivity contribution in [2.45, 2.75) is 45.6 Å². The highest BCUT2D eigenvalue weighted by Gasteiger charge is 2.26. The van der Waals surface area contributed by atoms with E-state index in [-0.39, 0.29) is 5.91 Å². The van der Waals surface area contributed by atoms with Gasteiger partial charge in [0.1, 0.15) is 0 Å². The van der Waals surface area contributed by atoms with Gasteiger partial charge in [-0.25, -0.2) is 0 Å². The molecule has 1 aliphatic carbocycles. The highest BCUT2D eigenvalue weighted by Crippen LogP contribution is 2.34. The van der Waals surface area contributed by atoms with Gasteiger partial charge in [0, 0.05) is 6.04 Å². The van der Waals surface area contributed by atoms with E-state index in [0.29, 0.717) is 18.0 Å². The predicted octanol–water partition coefficient (Wildman–Crippen LogP) is 1.03. The van der Waals surface area contributed by atoms with E-state index in [9.17, 15) is 4.79 Å². The fourth-order valence-corrected chi connectivity index (χ4v) is 1.85. The van der Waals surface area contributed by atoms with Crippen LogP contribution in [0.1, 0.15) is 39.5 Å². The van der Waals surface area contributed by atoms with Gasteiger partial charge in [-0.1, -0.05) is 13.8 Å². The van der Waals surface area contributed by atoms with Crippen molar-refractivity contribution in [3.8, 4) is 0 Å². The minimum atomic E-state index is -0.259. The first-order chi connectivity index (χ1) is 5.99. The Labute approximate surface area is 80.1 Å². The lowest BCUT2D eigenvalue weighted by Crippen LogP contribution is -2.40. The number of carbonyl (C=O) groups excluding carboxylic acids is 1. The van der Waals surface area contributed by atoms with Crippen LogP contribution in [0.2, 0.25) is 0 Å². The Hall–Kier alpha value is -0.570. The van der Waals surface area contributed by atoms with E-state index in [1.54, 1.807) is 0 Å². The highest BCUT2D eigenvalue weighted by molar-refractivity contribution is 5.75. The smallest absolute Gasteiger partial charge is 0.231 e. The fraction of sp³-hybridized carbons (Fsp3) is 0.900. The summed E-state index contributed by atoms with van der Waals surface area (Å²) in [5.41, 5.74) is 5.55. The average molecular weight is 184 g/mol. The van der Waals surface area contributed by atoms with E-state index in [4.69, 9.17) is 5.73 Å². The van der Waals surface area contributed by atoms with Gasteiger partial charge in [-0.3, -0.25) is 4.79 Å². The summed E-state index contributed by atoms with van der Waals surface area (Å²) in [5, 5.41) is 3.18. The van der Waals surface area contributed by atoms with Gasteiger partial charge < -0.3 is 11.1 Å². The number of hydrogen-bond donors (Lipinski definition) is 2. The van der Waals surface area contributed by atoms with E-state index in [0.717, 1.165) is 0 Å². The van der Waals surface area contributed by atoms with Gasteiger partial charge in [-0.15, -0.1) is 0 Å². The lowest BCUT2D eigenvalue weighted by Gasteiger charge is -2.34. The number of primary amides is 1. The maximum atomic E-state index is 10.5. The Morgan fingerprint density at radius 3 is 2.46 bits per heavy atom. The lowest BCUT2D eigenvalue weighted by molar-refractivity contribution is -0.117. The van der Waals surface area contributed by atoms with E-state index in [1.165, 1.54) is 25.7 Å². The summed E-state index contributed by atoms with van der Waals surface area (Å²) in [6, 6.07) is 0.500. The van der Waals surface area contributed by atoms with Crippen LogP contribution >= 0.6 is 0 Å². The van der Waals surface area contributed by atoms with E-state index >= 15 is 0 Å². The van der Waals surface area contributed by atoms with Crippen LogP contribution < -0.4 is 11.1 Å². The Bertz CT molecular complexity index is 179. The number of carbonyl (C=O) groups is 1. The second-order valence-electron chi connectivity index (χ2n) is 4.79. The van der Waals surface area contributed by atoms with E-state index in [2.05, 4.69) is 19.2 Å². The fourth-order valence-electron chi connectivity index (χ4n) is 1.85. The first kappa shape index (κ1) is 10.5. The SMILES string of the molecule is CC1(C)CCC(NCC(N)=O)CC1. The van der Waals surface area contributed by atoms with Crippen LogP contribution in [0.5, 0.6) is 0 Å². The van der Waals surface area contributed by atoms with Crippen molar-refractivity contribution >= 4 is 5.91 Å². The molecule has 0 aromatic heterocycles. The van der Waals surface area contributed by atoms with Crippen molar-refractivity contribution in [2.24, 2.45) is 11.1 Å². The maximum Gasteiger partial charge on any atom is 0.231 e. The first-order valence-electron chi connectivity index (χ1n) is 5.01. The molecule has 0 aromatic rings. The quantitative estimate of drug-likeness (QED) is 0.688. The van der Waals surface area contributed by atoms with Gasteiger partial charge in [0.2, 0.25) is 5.91 Å². The largest absolute Gasteiger partial charge is 0.369 e. The molecule has 1 aliphatic rings. The Kier molecular flexibility index (Phi) is 3.31. The minimum Gasteiger partial charge on any atom is -0.369 e. The number of rotatable bonds is 3. The molecule has 1 amide bonds. The molecular weight excluding hydrogens is 164 g/mol. The topological polar surface area (TPSA) is 55.1 Å². The molecule has 0 saturated heterocycles. The summed E-state index contributed by atoms with van der Waals surface area (Å²) in [7, 11) is 0. The molecule has 1 rings (SSSR count). The third-order valence-corrected chi connectivity index (χ3v) is 2.90. The van der Waals surface area contributed by atoms with Crippen molar-refractivity contribution in [2.75, 3.05) is 6.54 Å². The normalized spacial score (nSPS) is 22.9. The van der Waals surface area contributed by atoms with Crippen LogP contribution in [0.4, 0.5) is 0 Å². The summed E-state index contributed by atoms with van der Waals surface area (Å²) in [4.78, 5) is 10.5. The minimum absolute atomic E-state index is 0.259. The summed E-state index contributed by atoms with van der Waals surface area (Å²) < 4.78 is 0. The molecule has 0 unspecified atom stereocenters. The molecule has 0 spiro atoms. The first-order valence-corrected chi connectivity index (χ1v) is 5.01. The van der Waals surface area contributed by atoms with Crippen molar-refractivity contribution in [3.05, 3.63) is 0 Å². The number of nitrogens with one attached hydrogen (secondary N) is 1. The molecule has 3 heteroatoms. The Balaban J connectivity index is 2.21. The average Bonchev–Trinajstić information content (AvgIpc) is 2.02. The summed E-state index contributed by atoms with van der Waals surface area (Å²) in [5.74, 6) is -0.259. The molecule has 3 nitrogen and oxygen atoms in total. The molecule has 0 aromatic carbocycles. The van der Waals surface area contributed by atoms with Crippen molar-refractivity contribution in [1.29, 1.82) is 0 Å². The van der Waals surface area contributed by atoms with Crippen molar-refractivity contribution < 1.29 is 4.79 Å². The van der Waals surface area contributed by atoms with Crippen molar-refractivity contribution in [1.82, 2.24) is 5.32 Å². The molecule has 0 bridgehead atoms. The molecule has 0 heterocycles. The monoisotopic (exact) mass is 184 g/mol. The molecule has 1 saturated carbocycles. The van der Waals surface area contributed by atoms with Gasteiger partial charge in [0.15, 0.2) is 0 Å². The second kappa shape index (κ2) is 4.09. The molecule has 1 fully saturated rings. The third kappa shape index (κ3) is 3.77. The lowest BCUT2D eigenvalue weighted by atomic mass is 9.75. The zero-order chi connectivity index (χ0) is 9.90. The van der Waals surface area contributed by atoms with Crippen LogP contribution in [0.15, 0.2) is 0 Å². The van der Waals surface area contributed by atoms with Crippen LogP contribution in [-0.2, 0) is 4.79 Å². The van der Waals surface area contributed by atoms with Gasteiger partial charge in [-0.2, -0.15) is 0 Å². The zero-order valence-electron chi connectivity index (χ0n) is 8.60. The van der Waals surface area contributed by atoms with Crippen LogP contribution in [-0.4, -0.2) is 18.5 Å². The molecular formula is C10H20N2O. The van der Waals surface area contributed by atoms with Gasteiger partial charge in [-0.05, 0) is 31.1 Å². The van der Waals surface area contributed by atoms with Crippen LogP contribution in [0.25, 0.3) is 0 Å². The zero-order valence-corrected chi connectivity index (χ0v) is 8.60. The predicted molar refractivity (Wildman–Crippen MR) is 53.2 cm³/mol. The van der Waals surface area contributed by atoms with Gasteiger partial charge in [0.05, 0.1) is 6.54 Å². The standard InChI is InChI=1S/C10H20N2O/c1-10(2)5-3-8(4-6-10)12-7-9(11)13/h8,12H,3-7H2,1-2H3,(H2,11,13). The Morgan fingerprint density at radius 2 is 2.00 bits per heavy atom. The highest BCUT2D eigenvalue weighted by atomic mass is 16.1. The molecule has 3 N–H and O–H groups in total. The Morgan fingerprint density at radius 1 is 1.46 bits per heavy atom. The van der Waals surface area contributed by atoms with Gasteiger partial charge in [0.25, 0.3) is 0 Å². The van der Waals surface area contributed by atoms with E-state index in [1.807, 2.05) is 0 Å². The van der Waals surface area contributed by atoms with Crippen LogP contribution in [0, 0.1) is 5.41 Å². The van der Waals surface area contributed by atoms with Crippen LogP contribution in [0.3, 0.4) is 0 Å². The number of nitrogens with two attached hydrogens (primary N) is 1. The van der Waals surface area contributed by atoms with Gasteiger partial charge >= 0.3 is 0 Å². The number of amides is 1. The summed E-state index contributed by atoms with van der Waals surface area (Å²) >= 11 is 0. The molecule has 0 radical (unpaired) electrons. The molecule has 76 valence electrons. The third-order valence-electron chi connectivity index (χ3n) is 2.90. The molecule has 0 aliphatic heterocycles.